The lowest BCUT2D eigenvalue weighted by Gasteiger charge is -2.16. The Bertz CT molecular complexity index is 720. The maximum atomic E-state index is 12.2. The summed E-state index contributed by atoms with van der Waals surface area (Å²) < 4.78 is 0. The predicted molar refractivity (Wildman–Crippen MR) is 89.4 cm³/mol. The van der Waals surface area contributed by atoms with Gasteiger partial charge in [-0.25, -0.2) is 9.97 Å². The molecule has 4 rings (SSSR count). The van der Waals surface area contributed by atoms with Gasteiger partial charge in [0, 0.05) is 36.3 Å². The van der Waals surface area contributed by atoms with Gasteiger partial charge in [0.25, 0.3) is 5.91 Å². The van der Waals surface area contributed by atoms with E-state index in [1.807, 2.05) is 30.3 Å². The number of hydrogen-bond acceptors (Lipinski definition) is 4. The van der Waals surface area contributed by atoms with Gasteiger partial charge in [0.15, 0.2) is 0 Å². The highest BCUT2D eigenvalue weighted by molar-refractivity contribution is 5.95. The molecule has 0 spiro atoms. The Kier molecular flexibility index (Phi) is 3.69. The average Bonchev–Trinajstić information content (AvgIpc) is 3.24. The molecule has 0 unspecified atom stereocenters. The van der Waals surface area contributed by atoms with Crippen molar-refractivity contribution in [1.29, 1.82) is 0 Å². The summed E-state index contributed by atoms with van der Waals surface area (Å²) >= 11 is 0. The van der Waals surface area contributed by atoms with E-state index in [0.29, 0.717) is 11.6 Å². The molecule has 0 atom stereocenters. The van der Waals surface area contributed by atoms with E-state index in [-0.39, 0.29) is 5.91 Å². The van der Waals surface area contributed by atoms with E-state index in [1.165, 1.54) is 12.8 Å². The summed E-state index contributed by atoms with van der Waals surface area (Å²) in [5, 5.41) is 3.03. The lowest BCUT2D eigenvalue weighted by molar-refractivity contribution is 0.0951. The normalized spacial score (nSPS) is 17.3. The van der Waals surface area contributed by atoms with Gasteiger partial charge in [-0.1, -0.05) is 12.1 Å². The minimum atomic E-state index is 0.00294. The molecule has 5 heteroatoms. The molecule has 1 saturated carbocycles. The van der Waals surface area contributed by atoms with Crippen LogP contribution in [0.3, 0.4) is 0 Å². The summed E-state index contributed by atoms with van der Waals surface area (Å²) in [4.78, 5) is 23.3. The van der Waals surface area contributed by atoms with Crippen molar-refractivity contribution in [1.82, 2.24) is 15.3 Å². The Hall–Kier alpha value is -2.43. The Morgan fingerprint density at radius 1 is 1.13 bits per heavy atom. The molecule has 0 bridgehead atoms. The maximum Gasteiger partial charge on any atom is 0.251 e. The fourth-order valence-electron chi connectivity index (χ4n) is 2.94. The van der Waals surface area contributed by atoms with Crippen LogP contribution in [0, 0.1) is 0 Å². The Balaban J connectivity index is 1.59. The van der Waals surface area contributed by atoms with Crippen LogP contribution in [-0.2, 0) is 0 Å². The Morgan fingerprint density at radius 2 is 1.96 bits per heavy atom. The monoisotopic (exact) mass is 308 g/mol. The molecule has 2 aromatic rings. The first kappa shape index (κ1) is 14.2. The van der Waals surface area contributed by atoms with Crippen molar-refractivity contribution in [2.45, 2.75) is 31.7 Å². The molecule has 1 aromatic carbocycles. The van der Waals surface area contributed by atoms with Crippen molar-refractivity contribution >= 4 is 11.7 Å². The zero-order chi connectivity index (χ0) is 15.6. The van der Waals surface area contributed by atoms with Crippen LogP contribution >= 0.6 is 0 Å². The third kappa shape index (κ3) is 3.18. The first-order valence-corrected chi connectivity index (χ1v) is 8.28. The third-order valence-electron chi connectivity index (χ3n) is 4.42. The number of nitrogens with zero attached hydrogens (tertiary/aromatic N) is 3. The fourth-order valence-corrected chi connectivity index (χ4v) is 2.94. The van der Waals surface area contributed by atoms with Crippen molar-refractivity contribution in [3.05, 3.63) is 42.2 Å². The molecule has 1 aliphatic carbocycles. The minimum absolute atomic E-state index is 0.00294. The zero-order valence-corrected chi connectivity index (χ0v) is 13.0. The molecule has 1 saturated heterocycles. The first-order valence-electron chi connectivity index (χ1n) is 8.28. The summed E-state index contributed by atoms with van der Waals surface area (Å²) in [6.45, 7) is 2.11. The Morgan fingerprint density at radius 3 is 2.74 bits per heavy atom. The molecule has 1 aliphatic heterocycles. The van der Waals surface area contributed by atoms with Crippen molar-refractivity contribution < 1.29 is 4.79 Å². The molecular weight excluding hydrogens is 288 g/mol. The maximum absolute atomic E-state index is 12.2. The van der Waals surface area contributed by atoms with Crippen LogP contribution in [0.5, 0.6) is 0 Å². The molecule has 23 heavy (non-hydrogen) atoms. The predicted octanol–water partition coefficient (Wildman–Crippen LogP) is 2.64. The summed E-state index contributed by atoms with van der Waals surface area (Å²) in [5.41, 5.74) is 2.51. The van der Waals surface area contributed by atoms with E-state index in [4.69, 9.17) is 0 Å². The third-order valence-corrected chi connectivity index (χ3v) is 4.42. The van der Waals surface area contributed by atoms with Crippen LogP contribution in [0.25, 0.3) is 11.3 Å². The molecule has 1 N–H and O–H groups in total. The second-order valence-corrected chi connectivity index (χ2v) is 6.28. The van der Waals surface area contributed by atoms with Gasteiger partial charge in [0.05, 0.1) is 5.69 Å². The topological polar surface area (TPSA) is 58.1 Å². The number of benzene rings is 1. The summed E-state index contributed by atoms with van der Waals surface area (Å²) in [6.07, 6.45) is 6.24. The standard InChI is InChI=1S/C18H20N4O/c23-18(21-15-6-7-15)14-5-3-4-13(10-14)16-11-17(20-12-19-16)22-8-1-2-9-22/h3-5,10-12,15H,1-2,6-9H2,(H,21,23). The SMILES string of the molecule is O=C(NC1CC1)c1cccc(-c2cc(N3CCCC3)ncn2)c1. The summed E-state index contributed by atoms with van der Waals surface area (Å²) in [7, 11) is 0. The van der Waals surface area contributed by atoms with Gasteiger partial charge in [-0.2, -0.15) is 0 Å². The van der Waals surface area contributed by atoms with Crippen LogP contribution in [0.2, 0.25) is 0 Å². The van der Waals surface area contributed by atoms with E-state index in [1.54, 1.807) is 6.33 Å². The quantitative estimate of drug-likeness (QED) is 0.943. The van der Waals surface area contributed by atoms with Crippen molar-refractivity contribution in [2.24, 2.45) is 0 Å². The van der Waals surface area contributed by atoms with Gasteiger partial charge in [-0.15, -0.1) is 0 Å². The lowest BCUT2D eigenvalue weighted by atomic mass is 10.1. The van der Waals surface area contributed by atoms with Crippen LogP contribution in [0.15, 0.2) is 36.7 Å². The number of nitrogens with one attached hydrogen (secondary N) is 1. The van der Waals surface area contributed by atoms with Crippen LogP contribution < -0.4 is 10.2 Å². The number of carbonyl (C=O) groups is 1. The van der Waals surface area contributed by atoms with Crippen molar-refractivity contribution in [3.8, 4) is 11.3 Å². The smallest absolute Gasteiger partial charge is 0.251 e. The largest absolute Gasteiger partial charge is 0.357 e. The molecule has 2 heterocycles. The molecule has 0 radical (unpaired) electrons. The second kappa shape index (κ2) is 5.99. The minimum Gasteiger partial charge on any atom is -0.357 e. The zero-order valence-electron chi connectivity index (χ0n) is 13.0. The number of amides is 1. The van der Waals surface area contributed by atoms with E-state index < -0.39 is 0 Å². The molecule has 118 valence electrons. The second-order valence-electron chi connectivity index (χ2n) is 6.28. The van der Waals surface area contributed by atoms with Gasteiger partial charge >= 0.3 is 0 Å². The highest BCUT2D eigenvalue weighted by atomic mass is 16.1. The van der Waals surface area contributed by atoms with Gasteiger partial charge in [-0.05, 0) is 37.8 Å². The molecular formula is C18H20N4O. The van der Waals surface area contributed by atoms with E-state index in [0.717, 1.165) is 43.0 Å². The molecule has 2 fully saturated rings. The Labute approximate surface area is 135 Å². The molecule has 5 nitrogen and oxygen atoms in total. The highest BCUT2D eigenvalue weighted by Crippen LogP contribution is 2.24. The number of hydrogen-bond donors (Lipinski definition) is 1. The van der Waals surface area contributed by atoms with Gasteiger partial charge in [0.1, 0.15) is 12.1 Å². The summed E-state index contributed by atoms with van der Waals surface area (Å²) in [5.74, 6) is 0.975. The number of carbonyl (C=O) groups excluding carboxylic acids is 1. The molecule has 1 amide bonds. The summed E-state index contributed by atoms with van der Waals surface area (Å²) in [6, 6.07) is 10.0. The van der Waals surface area contributed by atoms with E-state index in [9.17, 15) is 4.79 Å². The van der Waals surface area contributed by atoms with Gasteiger partial charge in [-0.3, -0.25) is 4.79 Å². The lowest BCUT2D eigenvalue weighted by Crippen LogP contribution is -2.25. The van der Waals surface area contributed by atoms with Crippen LogP contribution in [0.1, 0.15) is 36.0 Å². The number of anilines is 1. The van der Waals surface area contributed by atoms with Crippen molar-refractivity contribution in [3.63, 3.8) is 0 Å². The molecule has 1 aromatic heterocycles. The number of aromatic nitrogens is 2. The number of rotatable bonds is 4. The average molecular weight is 308 g/mol. The van der Waals surface area contributed by atoms with E-state index >= 15 is 0 Å². The van der Waals surface area contributed by atoms with Gasteiger partial charge in [0.2, 0.25) is 0 Å². The highest BCUT2D eigenvalue weighted by Gasteiger charge is 2.24. The fraction of sp³-hybridized carbons (Fsp3) is 0.389. The van der Waals surface area contributed by atoms with E-state index in [2.05, 4.69) is 20.2 Å². The molecule has 2 aliphatic rings. The van der Waals surface area contributed by atoms with Gasteiger partial charge < -0.3 is 10.2 Å². The van der Waals surface area contributed by atoms with Crippen molar-refractivity contribution in [2.75, 3.05) is 18.0 Å². The van der Waals surface area contributed by atoms with Crippen LogP contribution in [-0.4, -0.2) is 35.0 Å². The first-order chi connectivity index (χ1) is 11.3. The van der Waals surface area contributed by atoms with Crippen LogP contribution in [0.4, 0.5) is 5.82 Å².